The molecular weight excluding hydrogens is 266 g/mol. The van der Waals surface area contributed by atoms with E-state index in [0.717, 1.165) is 21.1 Å². The van der Waals surface area contributed by atoms with Crippen molar-refractivity contribution < 1.29 is 0 Å². The van der Waals surface area contributed by atoms with Crippen LogP contribution in [0.15, 0.2) is 48.9 Å². The predicted molar refractivity (Wildman–Crippen MR) is 73.6 cm³/mol. The van der Waals surface area contributed by atoms with Gasteiger partial charge in [-0.3, -0.25) is 4.98 Å². The number of aromatic nitrogens is 3. The Morgan fingerprint density at radius 2 is 2.00 bits per heavy atom. The lowest BCUT2D eigenvalue weighted by atomic mass is 10.3. The maximum atomic E-state index is 5.88. The van der Waals surface area contributed by atoms with Crippen LogP contribution < -0.4 is 0 Å². The number of nitrogens with zero attached hydrogens (tertiary/aromatic N) is 3. The van der Waals surface area contributed by atoms with Crippen LogP contribution in [0.25, 0.3) is 21.1 Å². The van der Waals surface area contributed by atoms with Crippen molar-refractivity contribution in [2.45, 2.75) is 0 Å². The van der Waals surface area contributed by atoms with E-state index in [1.165, 1.54) is 0 Å². The Labute approximate surface area is 113 Å². The summed E-state index contributed by atoms with van der Waals surface area (Å²) < 4.78 is 0. The minimum absolute atomic E-state index is 0.490. The topological polar surface area (TPSA) is 38.7 Å². The quantitative estimate of drug-likeness (QED) is 0.664. The van der Waals surface area contributed by atoms with Gasteiger partial charge in [0.1, 0.15) is 10.2 Å². The van der Waals surface area contributed by atoms with Crippen LogP contribution in [0.2, 0.25) is 5.15 Å². The summed E-state index contributed by atoms with van der Waals surface area (Å²) in [5.74, 6) is 0. The highest BCUT2D eigenvalue weighted by Gasteiger charge is 2.07. The van der Waals surface area contributed by atoms with Crippen LogP contribution in [0.1, 0.15) is 0 Å². The fourth-order valence-electron chi connectivity index (χ4n) is 1.56. The standard InChI is InChI=1S/C13H8ClN3S/c14-12-5-1-4-10(17-12)11-8-16-13(18-11)9-3-2-6-15-7-9/h1-8H. The zero-order chi connectivity index (χ0) is 12.4. The molecule has 0 aromatic carbocycles. The summed E-state index contributed by atoms with van der Waals surface area (Å²) in [4.78, 5) is 13.7. The molecule has 0 fully saturated rings. The Morgan fingerprint density at radius 3 is 2.78 bits per heavy atom. The van der Waals surface area contributed by atoms with E-state index in [9.17, 15) is 0 Å². The fraction of sp³-hybridized carbons (Fsp3) is 0. The van der Waals surface area contributed by atoms with Crippen LogP contribution in [0.5, 0.6) is 0 Å². The van der Waals surface area contributed by atoms with E-state index in [2.05, 4.69) is 15.0 Å². The molecule has 0 unspecified atom stereocenters. The third-order valence-electron chi connectivity index (χ3n) is 2.38. The molecule has 0 saturated heterocycles. The summed E-state index contributed by atoms with van der Waals surface area (Å²) in [5.41, 5.74) is 1.85. The van der Waals surface area contributed by atoms with Gasteiger partial charge < -0.3 is 0 Å². The summed E-state index contributed by atoms with van der Waals surface area (Å²) in [6.45, 7) is 0. The van der Waals surface area contributed by atoms with Gasteiger partial charge >= 0.3 is 0 Å². The second-order valence-electron chi connectivity index (χ2n) is 3.62. The molecule has 0 spiro atoms. The van der Waals surface area contributed by atoms with E-state index < -0.39 is 0 Å². The van der Waals surface area contributed by atoms with Crippen molar-refractivity contribution in [3.63, 3.8) is 0 Å². The predicted octanol–water partition coefficient (Wildman–Crippen LogP) is 3.92. The SMILES string of the molecule is Clc1cccc(-c2cnc(-c3cccnc3)s2)n1. The fourth-order valence-corrected chi connectivity index (χ4v) is 2.60. The molecule has 0 atom stereocenters. The average Bonchev–Trinajstić information content (AvgIpc) is 2.89. The van der Waals surface area contributed by atoms with Crippen molar-refractivity contribution >= 4 is 22.9 Å². The highest BCUT2D eigenvalue weighted by atomic mass is 35.5. The number of pyridine rings is 2. The molecule has 0 radical (unpaired) electrons. The molecule has 0 aliphatic rings. The van der Waals surface area contributed by atoms with Crippen LogP contribution in [-0.4, -0.2) is 15.0 Å². The molecular formula is C13H8ClN3S. The van der Waals surface area contributed by atoms with Gasteiger partial charge in [-0.05, 0) is 24.3 Å². The number of halogens is 1. The Hall–Kier alpha value is -1.78. The molecule has 0 N–H and O–H groups in total. The molecule has 3 aromatic heterocycles. The minimum atomic E-state index is 0.490. The first-order chi connectivity index (χ1) is 8.83. The van der Waals surface area contributed by atoms with Gasteiger partial charge in [-0.2, -0.15) is 0 Å². The third kappa shape index (κ3) is 2.25. The molecule has 3 rings (SSSR count). The molecule has 0 aliphatic heterocycles. The van der Waals surface area contributed by atoms with Crippen molar-refractivity contribution in [1.29, 1.82) is 0 Å². The van der Waals surface area contributed by atoms with Gasteiger partial charge in [-0.1, -0.05) is 17.7 Å². The summed E-state index contributed by atoms with van der Waals surface area (Å²) in [7, 11) is 0. The lowest BCUT2D eigenvalue weighted by molar-refractivity contribution is 1.31. The molecule has 0 bridgehead atoms. The molecule has 3 nitrogen and oxygen atoms in total. The van der Waals surface area contributed by atoms with Crippen molar-refractivity contribution in [2.24, 2.45) is 0 Å². The Bertz CT molecular complexity index is 667. The van der Waals surface area contributed by atoms with E-state index in [4.69, 9.17) is 11.6 Å². The van der Waals surface area contributed by atoms with Crippen LogP contribution in [0.4, 0.5) is 0 Å². The second kappa shape index (κ2) is 4.84. The van der Waals surface area contributed by atoms with E-state index in [0.29, 0.717) is 5.15 Å². The van der Waals surface area contributed by atoms with Crippen LogP contribution in [-0.2, 0) is 0 Å². The first kappa shape index (κ1) is 11.3. The Morgan fingerprint density at radius 1 is 1.06 bits per heavy atom. The molecule has 3 heterocycles. The molecule has 0 saturated carbocycles. The molecule has 3 aromatic rings. The highest BCUT2D eigenvalue weighted by Crippen LogP contribution is 2.30. The van der Waals surface area contributed by atoms with Gasteiger partial charge in [0.25, 0.3) is 0 Å². The number of rotatable bonds is 2. The van der Waals surface area contributed by atoms with Gasteiger partial charge in [0.15, 0.2) is 0 Å². The van der Waals surface area contributed by atoms with Crippen molar-refractivity contribution in [3.05, 3.63) is 54.1 Å². The van der Waals surface area contributed by atoms with E-state index in [1.807, 2.05) is 30.5 Å². The number of thiazole rings is 1. The maximum Gasteiger partial charge on any atom is 0.129 e. The molecule has 18 heavy (non-hydrogen) atoms. The zero-order valence-electron chi connectivity index (χ0n) is 9.25. The summed E-state index contributed by atoms with van der Waals surface area (Å²) >= 11 is 7.46. The van der Waals surface area contributed by atoms with E-state index in [1.54, 1.807) is 29.8 Å². The maximum absolute atomic E-state index is 5.88. The average molecular weight is 274 g/mol. The van der Waals surface area contributed by atoms with Gasteiger partial charge in [-0.15, -0.1) is 11.3 Å². The Balaban J connectivity index is 2.00. The number of hydrogen-bond acceptors (Lipinski definition) is 4. The second-order valence-corrected chi connectivity index (χ2v) is 5.03. The van der Waals surface area contributed by atoms with Crippen molar-refractivity contribution in [2.75, 3.05) is 0 Å². The minimum Gasteiger partial charge on any atom is -0.264 e. The van der Waals surface area contributed by atoms with Crippen LogP contribution >= 0.6 is 22.9 Å². The van der Waals surface area contributed by atoms with Crippen molar-refractivity contribution in [1.82, 2.24) is 15.0 Å². The van der Waals surface area contributed by atoms with Gasteiger partial charge in [0, 0.05) is 24.2 Å². The lowest BCUT2D eigenvalue weighted by Crippen LogP contribution is -1.78. The van der Waals surface area contributed by atoms with E-state index >= 15 is 0 Å². The van der Waals surface area contributed by atoms with Crippen LogP contribution in [0, 0.1) is 0 Å². The number of hydrogen-bond donors (Lipinski definition) is 0. The monoisotopic (exact) mass is 273 g/mol. The molecule has 0 aliphatic carbocycles. The van der Waals surface area contributed by atoms with E-state index in [-0.39, 0.29) is 0 Å². The van der Waals surface area contributed by atoms with Crippen LogP contribution in [0.3, 0.4) is 0 Å². The summed E-state index contributed by atoms with van der Waals surface area (Å²) in [6.07, 6.45) is 5.36. The zero-order valence-corrected chi connectivity index (χ0v) is 10.8. The first-order valence-corrected chi connectivity index (χ1v) is 6.51. The van der Waals surface area contributed by atoms with Gasteiger partial charge in [0.05, 0.1) is 10.6 Å². The molecule has 5 heteroatoms. The Kier molecular flexibility index (Phi) is 3.04. The summed E-state index contributed by atoms with van der Waals surface area (Å²) in [6, 6.07) is 9.45. The van der Waals surface area contributed by atoms with Crippen molar-refractivity contribution in [3.8, 4) is 21.1 Å². The smallest absolute Gasteiger partial charge is 0.129 e. The summed E-state index contributed by atoms with van der Waals surface area (Å²) in [5, 5.41) is 1.42. The normalized spacial score (nSPS) is 10.5. The highest BCUT2D eigenvalue weighted by molar-refractivity contribution is 7.18. The molecule has 0 amide bonds. The van der Waals surface area contributed by atoms with Gasteiger partial charge in [0.2, 0.25) is 0 Å². The lowest BCUT2D eigenvalue weighted by Gasteiger charge is -1.95. The molecule has 88 valence electrons. The first-order valence-electron chi connectivity index (χ1n) is 5.32. The third-order valence-corrected chi connectivity index (χ3v) is 3.66. The largest absolute Gasteiger partial charge is 0.264 e. The van der Waals surface area contributed by atoms with Gasteiger partial charge in [-0.25, -0.2) is 9.97 Å².